The zero-order chi connectivity index (χ0) is 21.9. The number of carbonyl (C=O) groups excluding carboxylic acids is 4. The first kappa shape index (κ1) is 21.0. The Morgan fingerprint density at radius 3 is 2.17 bits per heavy atom. The minimum absolute atomic E-state index is 0.430. The molecule has 0 aromatic heterocycles. The first-order chi connectivity index (χ1) is 14.2. The van der Waals surface area contributed by atoms with E-state index < -0.39 is 42.0 Å². The zero-order valence-electron chi connectivity index (χ0n) is 17.0. The fourth-order valence-electron chi connectivity index (χ4n) is 3.23. The van der Waals surface area contributed by atoms with Crippen LogP contribution >= 0.6 is 0 Å². The number of nitrogens with zero attached hydrogens (tertiary/aromatic N) is 2. The van der Waals surface area contributed by atoms with E-state index in [1.54, 1.807) is 81.7 Å². The van der Waals surface area contributed by atoms with Crippen molar-refractivity contribution in [2.45, 2.75) is 18.6 Å². The standard InChI is InChI=1S/C22H23N3O5/c1-22(16-12-8-5-9-13-16)20(28)25(21(29)23-22)14-17(26)30-18(19(27)24(2)3)15-10-6-4-7-11-15/h4-13,18H,14H2,1-3H3,(H,23,29)/t18-,22+/m0/s1. The van der Waals surface area contributed by atoms with Crippen LogP contribution in [0.25, 0.3) is 0 Å². The molecule has 0 spiro atoms. The molecule has 30 heavy (non-hydrogen) atoms. The molecule has 0 aliphatic carbocycles. The normalized spacial score (nSPS) is 19.2. The van der Waals surface area contributed by atoms with Crippen LogP contribution in [0.5, 0.6) is 0 Å². The van der Waals surface area contributed by atoms with E-state index in [4.69, 9.17) is 4.74 Å². The predicted octanol–water partition coefficient (Wildman–Crippen LogP) is 1.83. The number of imide groups is 1. The van der Waals surface area contributed by atoms with Gasteiger partial charge in [-0.3, -0.25) is 19.3 Å². The van der Waals surface area contributed by atoms with Gasteiger partial charge in [-0.2, -0.15) is 0 Å². The Kier molecular flexibility index (Phi) is 5.86. The molecule has 1 aliphatic heterocycles. The Morgan fingerprint density at radius 2 is 1.60 bits per heavy atom. The van der Waals surface area contributed by atoms with Gasteiger partial charge in [0.1, 0.15) is 12.1 Å². The molecule has 3 rings (SSSR count). The molecule has 8 nitrogen and oxygen atoms in total. The van der Waals surface area contributed by atoms with E-state index in [-0.39, 0.29) is 0 Å². The molecule has 0 saturated carbocycles. The van der Waals surface area contributed by atoms with Gasteiger partial charge < -0.3 is 15.0 Å². The molecule has 1 aliphatic rings. The van der Waals surface area contributed by atoms with Crippen LogP contribution in [0.4, 0.5) is 4.79 Å². The molecule has 0 bridgehead atoms. The van der Waals surface area contributed by atoms with Crippen molar-refractivity contribution in [2.75, 3.05) is 20.6 Å². The molecule has 2 aromatic carbocycles. The van der Waals surface area contributed by atoms with Crippen molar-refractivity contribution in [3.05, 3.63) is 71.8 Å². The molecule has 0 radical (unpaired) electrons. The highest BCUT2D eigenvalue weighted by Gasteiger charge is 2.49. The number of urea groups is 1. The van der Waals surface area contributed by atoms with Crippen molar-refractivity contribution in [1.29, 1.82) is 0 Å². The quantitative estimate of drug-likeness (QED) is 0.580. The second kappa shape index (κ2) is 8.36. The Bertz CT molecular complexity index is 961. The van der Waals surface area contributed by atoms with E-state index in [0.717, 1.165) is 4.90 Å². The molecule has 156 valence electrons. The smallest absolute Gasteiger partial charge is 0.327 e. The summed E-state index contributed by atoms with van der Waals surface area (Å²) in [5, 5.41) is 2.63. The van der Waals surface area contributed by atoms with Crippen molar-refractivity contribution in [3.63, 3.8) is 0 Å². The van der Waals surface area contributed by atoms with Crippen molar-refractivity contribution < 1.29 is 23.9 Å². The van der Waals surface area contributed by atoms with Gasteiger partial charge in [0, 0.05) is 19.7 Å². The molecule has 2 atom stereocenters. The van der Waals surface area contributed by atoms with Crippen molar-refractivity contribution in [3.8, 4) is 0 Å². The Morgan fingerprint density at radius 1 is 1.03 bits per heavy atom. The minimum Gasteiger partial charge on any atom is -0.446 e. The number of nitrogens with one attached hydrogen (secondary N) is 1. The lowest BCUT2D eigenvalue weighted by Gasteiger charge is -2.23. The summed E-state index contributed by atoms with van der Waals surface area (Å²) in [6.07, 6.45) is -1.17. The van der Waals surface area contributed by atoms with Crippen molar-refractivity contribution in [2.24, 2.45) is 0 Å². The lowest BCUT2D eigenvalue weighted by atomic mass is 9.92. The highest BCUT2D eigenvalue weighted by molar-refractivity contribution is 6.08. The molecule has 0 unspecified atom stereocenters. The van der Waals surface area contributed by atoms with E-state index in [2.05, 4.69) is 5.32 Å². The lowest BCUT2D eigenvalue weighted by Crippen LogP contribution is -2.42. The molecule has 1 N–H and O–H groups in total. The number of hydrogen-bond acceptors (Lipinski definition) is 5. The minimum atomic E-state index is -1.28. The van der Waals surface area contributed by atoms with Crippen LogP contribution in [0.3, 0.4) is 0 Å². The van der Waals surface area contributed by atoms with Gasteiger partial charge in [0.15, 0.2) is 0 Å². The number of carbonyl (C=O) groups is 4. The van der Waals surface area contributed by atoms with E-state index in [0.29, 0.717) is 11.1 Å². The Hall–Kier alpha value is -3.68. The molecule has 1 saturated heterocycles. The van der Waals surface area contributed by atoms with Gasteiger partial charge in [0.25, 0.3) is 11.8 Å². The highest BCUT2D eigenvalue weighted by atomic mass is 16.5. The predicted molar refractivity (Wildman–Crippen MR) is 108 cm³/mol. The Labute approximate surface area is 174 Å². The molecular formula is C22H23N3O5. The van der Waals surface area contributed by atoms with E-state index >= 15 is 0 Å². The summed E-state index contributed by atoms with van der Waals surface area (Å²) in [5.41, 5.74) is -0.184. The van der Waals surface area contributed by atoms with E-state index in [9.17, 15) is 19.2 Å². The number of likely N-dealkylation sites (N-methyl/N-ethyl adjacent to an activating group) is 1. The monoisotopic (exact) mass is 409 g/mol. The van der Waals surface area contributed by atoms with Gasteiger partial charge >= 0.3 is 12.0 Å². The van der Waals surface area contributed by atoms with Crippen LogP contribution in [-0.4, -0.2) is 54.3 Å². The average molecular weight is 409 g/mol. The fraction of sp³-hybridized carbons (Fsp3) is 0.273. The largest absolute Gasteiger partial charge is 0.446 e. The number of ether oxygens (including phenoxy) is 1. The van der Waals surface area contributed by atoms with Gasteiger partial charge in [0.05, 0.1) is 0 Å². The van der Waals surface area contributed by atoms with Crippen LogP contribution in [0.15, 0.2) is 60.7 Å². The van der Waals surface area contributed by atoms with Gasteiger partial charge in [-0.15, -0.1) is 0 Å². The molecular weight excluding hydrogens is 386 g/mol. The summed E-state index contributed by atoms with van der Waals surface area (Å²) in [5.74, 6) is -1.86. The summed E-state index contributed by atoms with van der Waals surface area (Å²) < 4.78 is 5.39. The maximum absolute atomic E-state index is 12.9. The third-order valence-corrected chi connectivity index (χ3v) is 4.93. The van der Waals surface area contributed by atoms with E-state index in [1.165, 1.54) is 4.90 Å². The third kappa shape index (κ3) is 4.03. The summed E-state index contributed by atoms with van der Waals surface area (Å²) in [4.78, 5) is 52.6. The number of rotatable bonds is 6. The second-order valence-electron chi connectivity index (χ2n) is 7.33. The van der Waals surface area contributed by atoms with Gasteiger partial charge in [-0.05, 0) is 12.5 Å². The zero-order valence-corrected chi connectivity index (χ0v) is 17.0. The average Bonchev–Trinajstić information content (AvgIpc) is 2.96. The van der Waals surface area contributed by atoms with Gasteiger partial charge in [0.2, 0.25) is 6.10 Å². The number of benzene rings is 2. The molecule has 4 amide bonds. The van der Waals surface area contributed by atoms with Crippen molar-refractivity contribution in [1.82, 2.24) is 15.1 Å². The number of amides is 4. The maximum atomic E-state index is 12.9. The third-order valence-electron chi connectivity index (χ3n) is 4.93. The van der Waals surface area contributed by atoms with Crippen LogP contribution in [0.2, 0.25) is 0 Å². The van der Waals surface area contributed by atoms with Crippen LogP contribution in [-0.2, 0) is 24.7 Å². The first-order valence-corrected chi connectivity index (χ1v) is 9.39. The number of hydrogen-bond donors (Lipinski definition) is 1. The summed E-state index contributed by atoms with van der Waals surface area (Å²) >= 11 is 0. The second-order valence-corrected chi connectivity index (χ2v) is 7.33. The topological polar surface area (TPSA) is 96.0 Å². The van der Waals surface area contributed by atoms with Gasteiger partial charge in [-0.1, -0.05) is 60.7 Å². The first-order valence-electron chi connectivity index (χ1n) is 9.39. The highest BCUT2D eigenvalue weighted by Crippen LogP contribution is 2.29. The fourth-order valence-corrected chi connectivity index (χ4v) is 3.23. The maximum Gasteiger partial charge on any atom is 0.327 e. The summed E-state index contributed by atoms with van der Waals surface area (Å²) in [6.45, 7) is 0.980. The van der Waals surface area contributed by atoms with Crippen molar-refractivity contribution >= 4 is 23.8 Å². The van der Waals surface area contributed by atoms with Crippen LogP contribution in [0.1, 0.15) is 24.2 Å². The lowest BCUT2D eigenvalue weighted by molar-refractivity contribution is -0.161. The summed E-state index contributed by atoms with van der Waals surface area (Å²) in [6, 6.07) is 16.6. The molecule has 1 heterocycles. The Balaban J connectivity index is 1.77. The molecule has 1 fully saturated rings. The van der Waals surface area contributed by atoms with Crippen LogP contribution < -0.4 is 5.32 Å². The van der Waals surface area contributed by atoms with E-state index in [1.807, 2.05) is 0 Å². The molecule has 8 heteroatoms. The molecule has 2 aromatic rings. The SMILES string of the molecule is CN(C)C(=O)[C@@H](OC(=O)CN1C(=O)N[C@](C)(c2ccccc2)C1=O)c1ccccc1. The number of esters is 1. The van der Waals surface area contributed by atoms with Gasteiger partial charge in [-0.25, -0.2) is 4.79 Å². The summed E-state index contributed by atoms with van der Waals surface area (Å²) in [7, 11) is 3.10. The van der Waals surface area contributed by atoms with Crippen LogP contribution in [0, 0.1) is 0 Å².